The first-order valence-electron chi connectivity index (χ1n) is 6.17. The summed E-state index contributed by atoms with van der Waals surface area (Å²) in [4.78, 5) is 30.3. The molecule has 0 aromatic rings. The van der Waals surface area contributed by atoms with Crippen LogP contribution in [0.3, 0.4) is 0 Å². The van der Waals surface area contributed by atoms with Gasteiger partial charge in [0, 0.05) is 6.42 Å². The first-order valence-corrected chi connectivity index (χ1v) is 6.17. The second-order valence-electron chi connectivity index (χ2n) is 4.18. The number of carboxylic acid groups (broad SMARTS) is 2. The Morgan fingerprint density at radius 1 is 0.900 bits per heavy atom. The summed E-state index contributed by atoms with van der Waals surface area (Å²) in [6.45, 7) is 0.604. The maximum atomic E-state index is 10.1. The summed E-state index contributed by atoms with van der Waals surface area (Å²) in [5.74, 6) is -2.57. The fourth-order valence-corrected chi connectivity index (χ4v) is 1.05. The smallest absolute Gasteiger partial charge is 0.320 e. The van der Waals surface area contributed by atoms with Crippen LogP contribution < -0.4 is 22.9 Å². The highest BCUT2D eigenvalue weighted by atomic mass is 16.4. The molecule has 0 rings (SSSR count). The van der Waals surface area contributed by atoms with Crippen LogP contribution in [0.15, 0.2) is 0 Å². The molecule has 0 aromatic heterocycles. The Morgan fingerprint density at radius 3 is 1.70 bits per heavy atom. The number of nitrogens with two attached hydrogens (primary N) is 4. The molecule has 0 saturated heterocycles. The summed E-state index contributed by atoms with van der Waals surface area (Å²) < 4.78 is 0. The Hall–Kier alpha value is -1.71. The van der Waals surface area contributed by atoms with E-state index in [2.05, 4.69) is 0 Å². The first kappa shape index (κ1) is 20.6. The molecule has 0 spiro atoms. The van der Waals surface area contributed by atoms with Crippen molar-refractivity contribution in [2.45, 2.75) is 44.2 Å². The Morgan fingerprint density at radius 2 is 1.35 bits per heavy atom. The molecule has 0 unspecified atom stereocenters. The summed E-state index contributed by atoms with van der Waals surface area (Å²) >= 11 is 0. The highest BCUT2D eigenvalue weighted by Gasteiger charge is 2.11. The molecular weight excluding hydrogens is 268 g/mol. The van der Waals surface area contributed by atoms with Crippen LogP contribution in [0.25, 0.3) is 0 Å². The van der Waals surface area contributed by atoms with Gasteiger partial charge in [0.15, 0.2) is 0 Å². The Balaban J connectivity index is 0. The molecular formula is C11H24N4O5. The molecule has 0 aliphatic rings. The predicted octanol–water partition coefficient (Wildman–Crippen LogP) is -1.81. The predicted molar refractivity (Wildman–Crippen MR) is 72.6 cm³/mol. The van der Waals surface area contributed by atoms with Gasteiger partial charge in [-0.25, -0.2) is 0 Å². The Kier molecular flexibility index (Phi) is 12.7. The van der Waals surface area contributed by atoms with Crippen LogP contribution in [0.2, 0.25) is 0 Å². The molecule has 0 aliphatic heterocycles. The minimum Gasteiger partial charge on any atom is -0.480 e. The molecule has 0 saturated carbocycles. The van der Waals surface area contributed by atoms with Crippen molar-refractivity contribution in [3.63, 3.8) is 0 Å². The number of carbonyl (C=O) groups excluding carboxylic acids is 1. The average molecular weight is 292 g/mol. The van der Waals surface area contributed by atoms with Crippen LogP contribution in [0.4, 0.5) is 0 Å². The fourth-order valence-electron chi connectivity index (χ4n) is 1.05. The molecule has 0 aromatic carbocycles. The van der Waals surface area contributed by atoms with Gasteiger partial charge in [-0.15, -0.1) is 0 Å². The molecule has 0 aliphatic carbocycles. The normalized spacial score (nSPS) is 12.8. The summed E-state index contributed by atoms with van der Waals surface area (Å²) in [6.07, 6.45) is 2.29. The zero-order valence-electron chi connectivity index (χ0n) is 11.3. The summed E-state index contributed by atoms with van der Waals surface area (Å²) in [5, 5.41) is 16.5. The largest absolute Gasteiger partial charge is 0.480 e. The number of amides is 1. The van der Waals surface area contributed by atoms with Gasteiger partial charge in [0.1, 0.15) is 12.1 Å². The first-order chi connectivity index (χ1) is 9.22. The molecule has 9 nitrogen and oxygen atoms in total. The number of hydrogen-bond acceptors (Lipinski definition) is 6. The molecule has 2 atom stereocenters. The van der Waals surface area contributed by atoms with Crippen molar-refractivity contribution in [2.75, 3.05) is 6.54 Å². The van der Waals surface area contributed by atoms with E-state index in [0.717, 1.165) is 12.8 Å². The highest BCUT2D eigenvalue weighted by molar-refractivity contribution is 5.77. The van der Waals surface area contributed by atoms with Crippen molar-refractivity contribution in [3.8, 4) is 0 Å². The summed E-state index contributed by atoms with van der Waals surface area (Å²) in [5.41, 5.74) is 20.2. The van der Waals surface area contributed by atoms with Crippen molar-refractivity contribution in [1.82, 2.24) is 0 Å². The minimum absolute atomic E-state index is 0.0213. The second kappa shape index (κ2) is 12.3. The Bertz CT molecular complexity index is 311. The SMILES string of the molecule is NC(=O)CC[C@H](N)C(=O)O.NCCCC[C@@H](N)C(=O)O. The van der Waals surface area contributed by atoms with Gasteiger partial charge in [0.25, 0.3) is 0 Å². The van der Waals surface area contributed by atoms with Crippen LogP contribution in [0.1, 0.15) is 32.1 Å². The van der Waals surface area contributed by atoms with Gasteiger partial charge in [0.2, 0.25) is 5.91 Å². The van der Waals surface area contributed by atoms with Gasteiger partial charge in [-0.1, -0.05) is 6.42 Å². The number of primary amides is 1. The fraction of sp³-hybridized carbons (Fsp3) is 0.727. The number of aliphatic carboxylic acids is 2. The third-order valence-electron chi connectivity index (χ3n) is 2.31. The molecule has 118 valence electrons. The third-order valence-corrected chi connectivity index (χ3v) is 2.31. The average Bonchev–Trinajstić information content (AvgIpc) is 2.36. The van der Waals surface area contributed by atoms with E-state index in [0.29, 0.717) is 13.0 Å². The molecule has 10 N–H and O–H groups in total. The Labute approximate surface area is 117 Å². The number of rotatable bonds is 9. The van der Waals surface area contributed by atoms with E-state index in [1.165, 1.54) is 0 Å². The molecule has 0 bridgehead atoms. The van der Waals surface area contributed by atoms with Gasteiger partial charge in [-0.05, 0) is 25.8 Å². The minimum atomic E-state index is -1.11. The molecule has 0 fully saturated rings. The lowest BCUT2D eigenvalue weighted by molar-refractivity contribution is -0.139. The van der Waals surface area contributed by atoms with E-state index in [-0.39, 0.29) is 12.8 Å². The van der Waals surface area contributed by atoms with Crippen molar-refractivity contribution in [1.29, 1.82) is 0 Å². The van der Waals surface area contributed by atoms with Crippen molar-refractivity contribution < 1.29 is 24.6 Å². The zero-order chi connectivity index (χ0) is 16.1. The number of unbranched alkanes of at least 4 members (excludes halogenated alkanes) is 1. The van der Waals surface area contributed by atoms with Gasteiger partial charge < -0.3 is 33.1 Å². The molecule has 9 heteroatoms. The van der Waals surface area contributed by atoms with E-state index >= 15 is 0 Å². The lowest BCUT2D eigenvalue weighted by Gasteiger charge is -2.03. The number of carbonyl (C=O) groups is 3. The van der Waals surface area contributed by atoms with E-state index < -0.39 is 29.9 Å². The molecule has 0 heterocycles. The maximum absolute atomic E-state index is 10.1. The number of carboxylic acids is 2. The van der Waals surface area contributed by atoms with Crippen LogP contribution >= 0.6 is 0 Å². The van der Waals surface area contributed by atoms with Crippen LogP contribution in [-0.2, 0) is 14.4 Å². The summed E-state index contributed by atoms with van der Waals surface area (Å²) in [7, 11) is 0. The van der Waals surface area contributed by atoms with E-state index in [1.54, 1.807) is 0 Å². The molecule has 0 radical (unpaired) electrons. The number of hydrogen-bond donors (Lipinski definition) is 6. The van der Waals surface area contributed by atoms with Crippen molar-refractivity contribution in [2.24, 2.45) is 22.9 Å². The third kappa shape index (κ3) is 14.4. The van der Waals surface area contributed by atoms with Crippen molar-refractivity contribution >= 4 is 17.8 Å². The van der Waals surface area contributed by atoms with E-state index in [9.17, 15) is 14.4 Å². The van der Waals surface area contributed by atoms with Crippen LogP contribution in [-0.4, -0.2) is 46.7 Å². The van der Waals surface area contributed by atoms with Crippen LogP contribution in [0, 0.1) is 0 Å². The quantitative estimate of drug-likeness (QED) is 0.267. The van der Waals surface area contributed by atoms with Gasteiger partial charge in [-0.3, -0.25) is 14.4 Å². The lowest BCUT2D eigenvalue weighted by atomic mass is 10.1. The summed E-state index contributed by atoms with van der Waals surface area (Å²) in [6, 6.07) is -1.70. The molecule has 20 heavy (non-hydrogen) atoms. The van der Waals surface area contributed by atoms with Gasteiger partial charge in [0.05, 0.1) is 0 Å². The monoisotopic (exact) mass is 292 g/mol. The standard InChI is InChI=1S/C6H14N2O2.C5H10N2O3/c7-4-2-1-3-5(8)6(9)10;6-3(5(9)10)1-2-4(7)8/h5H,1-4,7-8H2,(H,9,10);3H,1-2,6H2,(H2,7,8)(H,9,10)/t5-;3-/m10/s1. The van der Waals surface area contributed by atoms with Crippen molar-refractivity contribution in [3.05, 3.63) is 0 Å². The van der Waals surface area contributed by atoms with Gasteiger partial charge in [-0.2, -0.15) is 0 Å². The second-order valence-corrected chi connectivity index (χ2v) is 4.18. The van der Waals surface area contributed by atoms with E-state index in [1.807, 2.05) is 0 Å². The maximum Gasteiger partial charge on any atom is 0.320 e. The molecule has 1 amide bonds. The van der Waals surface area contributed by atoms with Crippen LogP contribution in [0.5, 0.6) is 0 Å². The topological polar surface area (TPSA) is 196 Å². The highest BCUT2D eigenvalue weighted by Crippen LogP contribution is 1.97. The van der Waals surface area contributed by atoms with Gasteiger partial charge >= 0.3 is 11.9 Å². The zero-order valence-corrected chi connectivity index (χ0v) is 11.3. The lowest BCUT2D eigenvalue weighted by Crippen LogP contribution is -2.31. The van der Waals surface area contributed by atoms with E-state index in [4.69, 9.17) is 33.1 Å².